The molecular formula is C25H18FN3O2S. The number of aromatic amines is 1. The van der Waals surface area contributed by atoms with E-state index in [1.165, 1.54) is 17.0 Å². The fraction of sp³-hybridized carbons (Fsp3) is 0.120. The molecule has 3 heterocycles. The first-order valence-corrected chi connectivity index (χ1v) is 10.7. The fourth-order valence-corrected chi connectivity index (χ4v) is 5.40. The molecule has 5 nitrogen and oxygen atoms in total. The van der Waals surface area contributed by atoms with Gasteiger partial charge in [-0.15, -0.1) is 0 Å². The van der Waals surface area contributed by atoms with Crippen molar-refractivity contribution in [3.8, 4) is 5.75 Å². The fourth-order valence-electron chi connectivity index (χ4n) is 4.97. The highest BCUT2D eigenvalue weighted by molar-refractivity contribution is 7.80. The van der Waals surface area contributed by atoms with Crippen LogP contribution >= 0.6 is 12.2 Å². The average molecular weight is 444 g/mol. The number of thiocarbonyl (C=S) groups is 1. The van der Waals surface area contributed by atoms with Gasteiger partial charge in [0, 0.05) is 23.0 Å². The minimum Gasteiger partial charge on any atom is -0.508 e. The van der Waals surface area contributed by atoms with Crippen LogP contribution < -0.4 is 4.90 Å². The molecule has 158 valence electrons. The SMILES string of the molecule is O=C1C2Cc3c([nH]c4ccccc34)C(c3cccc(O)c3)N2C(=S)N1c1cccc(F)c1. The molecule has 2 N–H and O–H groups in total. The number of nitrogens with one attached hydrogen (secondary N) is 1. The maximum absolute atomic E-state index is 13.9. The van der Waals surface area contributed by atoms with Gasteiger partial charge in [0.2, 0.25) is 0 Å². The molecule has 0 aliphatic carbocycles. The maximum Gasteiger partial charge on any atom is 0.256 e. The molecule has 2 aliphatic rings. The van der Waals surface area contributed by atoms with Crippen LogP contribution in [0.3, 0.4) is 0 Å². The summed E-state index contributed by atoms with van der Waals surface area (Å²) >= 11 is 5.79. The van der Waals surface area contributed by atoms with Crippen molar-refractivity contribution in [1.82, 2.24) is 9.88 Å². The Morgan fingerprint density at radius 3 is 2.66 bits per heavy atom. The van der Waals surface area contributed by atoms with Crippen molar-refractivity contribution in [1.29, 1.82) is 0 Å². The summed E-state index contributed by atoms with van der Waals surface area (Å²) in [7, 11) is 0. The Hall–Kier alpha value is -3.71. The Morgan fingerprint density at radius 1 is 1.03 bits per heavy atom. The summed E-state index contributed by atoms with van der Waals surface area (Å²) in [5.74, 6) is -0.467. The molecule has 0 radical (unpaired) electrons. The van der Waals surface area contributed by atoms with E-state index in [0.29, 0.717) is 17.2 Å². The molecule has 0 spiro atoms. The van der Waals surface area contributed by atoms with Crippen molar-refractivity contribution >= 4 is 39.8 Å². The number of anilines is 1. The number of fused-ring (bicyclic) bond motifs is 4. The molecule has 0 bridgehead atoms. The minimum atomic E-state index is -0.523. The van der Waals surface area contributed by atoms with Crippen LogP contribution in [0.1, 0.15) is 22.9 Å². The van der Waals surface area contributed by atoms with Crippen LogP contribution in [-0.2, 0) is 11.2 Å². The van der Waals surface area contributed by atoms with Crippen LogP contribution in [0.25, 0.3) is 10.9 Å². The Labute approximate surface area is 188 Å². The summed E-state index contributed by atoms with van der Waals surface area (Å²) in [6.07, 6.45) is 0.486. The van der Waals surface area contributed by atoms with Crippen molar-refractivity contribution in [2.75, 3.05) is 4.90 Å². The van der Waals surface area contributed by atoms with Crippen LogP contribution in [0.15, 0.2) is 72.8 Å². The predicted molar refractivity (Wildman–Crippen MR) is 124 cm³/mol. The predicted octanol–water partition coefficient (Wildman–Crippen LogP) is 4.66. The van der Waals surface area contributed by atoms with Crippen LogP contribution in [0.2, 0.25) is 0 Å². The third kappa shape index (κ3) is 2.67. The van der Waals surface area contributed by atoms with Gasteiger partial charge < -0.3 is 15.0 Å². The number of halogens is 1. The van der Waals surface area contributed by atoms with Crippen LogP contribution in [0.4, 0.5) is 10.1 Å². The molecule has 2 atom stereocenters. The maximum atomic E-state index is 13.9. The Kier molecular flexibility index (Phi) is 4.10. The molecule has 3 aromatic carbocycles. The Morgan fingerprint density at radius 2 is 1.84 bits per heavy atom. The number of aromatic nitrogens is 1. The number of phenols is 1. The number of hydrogen-bond donors (Lipinski definition) is 2. The number of para-hydroxylation sites is 1. The number of H-pyrrole nitrogens is 1. The first-order valence-electron chi connectivity index (χ1n) is 10.3. The molecule has 7 heteroatoms. The number of carbonyl (C=O) groups is 1. The van der Waals surface area contributed by atoms with Crippen LogP contribution in [0, 0.1) is 5.82 Å². The lowest BCUT2D eigenvalue weighted by atomic mass is 9.89. The molecule has 6 rings (SSSR count). The molecule has 1 aromatic heterocycles. The third-order valence-electron chi connectivity index (χ3n) is 6.30. The summed E-state index contributed by atoms with van der Waals surface area (Å²) in [6.45, 7) is 0. The lowest BCUT2D eigenvalue weighted by molar-refractivity contribution is -0.120. The molecule has 0 saturated carbocycles. The number of hydrogen-bond acceptors (Lipinski definition) is 3. The number of phenolic OH excluding ortho intramolecular Hbond substituents is 1. The number of benzene rings is 3. The second kappa shape index (κ2) is 6.90. The van der Waals surface area contributed by atoms with E-state index in [9.17, 15) is 14.3 Å². The lowest BCUT2D eigenvalue weighted by Gasteiger charge is -2.37. The van der Waals surface area contributed by atoms with Crippen molar-refractivity contribution in [3.63, 3.8) is 0 Å². The van der Waals surface area contributed by atoms with Crippen LogP contribution in [-0.4, -0.2) is 32.1 Å². The zero-order chi connectivity index (χ0) is 22.0. The molecule has 1 saturated heterocycles. The standard InChI is InChI=1S/C25H18FN3O2S/c26-15-6-4-7-16(12-15)28-24(31)21-13-19-18-9-1-2-10-20(18)27-22(19)23(29(21)25(28)32)14-5-3-8-17(30)11-14/h1-12,21,23,27,30H,13H2. The van der Waals surface area contributed by atoms with E-state index in [0.717, 1.165) is 27.7 Å². The Balaban J connectivity index is 1.56. The van der Waals surface area contributed by atoms with Crippen molar-refractivity contribution < 1.29 is 14.3 Å². The zero-order valence-corrected chi connectivity index (χ0v) is 17.6. The van der Waals surface area contributed by atoms with E-state index in [2.05, 4.69) is 4.98 Å². The number of nitrogens with zero attached hydrogens (tertiary/aromatic N) is 2. The molecule has 2 aliphatic heterocycles. The van der Waals surface area contributed by atoms with E-state index in [4.69, 9.17) is 12.2 Å². The monoisotopic (exact) mass is 443 g/mol. The highest BCUT2D eigenvalue weighted by Gasteiger charge is 2.51. The lowest BCUT2D eigenvalue weighted by Crippen LogP contribution is -2.44. The third-order valence-corrected chi connectivity index (χ3v) is 6.69. The van der Waals surface area contributed by atoms with Gasteiger partial charge >= 0.3 is 0 Å². The summed E-state index contributed by atoms with van der Waals surface area (Å²) in [6, 6.07) is 20.0. The molecule has 1 fully saturated rings. The van der Waals surface area contributed by atoms with Gasteiger partial charge in [0.1, 0.15) is 17.6 Å². The first-order chi connectivity index (χ1) is 15.5. The topological polar surface area (TPSA) is 59.6 Å². The second-order valence-electron chi connectivity index (χ2n) is 8.12. The zero-order valence-electron chi connectivity index (χ0n) is 16.8. The van der Waals surface area contributed by atoms with Gasteiger partial charge in [0.15, 0.2) is 5.11 Å². The van der Waals surface area contributed by atoms with Crippen molar-refractivity contribution in [2.24, 2.45) is 0 Å². The first kappa shape index (κ1) is 19.0. The second-order valence-corrected chi connectivity index (χ2v) is 8.49. The van der Waals surface area contributed by atoms with E-state index in [1.54, 1.807) is 30.3 Å². The highest BCUT2D eigenvalue weighted by atomic mass is 32.1. The molecule has 1 amide bonds. The van der Waals surface area contributed by atoms with E-state index < -0.39 is 17.9 Å². The van der Waals surface area contributed by atoms with Gasteiger partial charge in [-0.3, -0.25) is 9.69 Å². The van der Waals surface area contributed by atoms with Crippen LogP contribution in [0.5, 0.6) is 5.75 Å². The van der Waals surface area contributed by atoms with E-state index >= 15 is 0 Å². The summed E-state index contributed by atoms with van der Waals surface area (Å²) < 4.78 is 13.9. The quantitative estimate of drug-likeness (QED) is 0.443. The summed E-state index contributed by atoms with van der Waals surface area (Å²) in [5.41, 5.74) is 4.23. The molecule has 4 aromatic rings. The largest absolute Gasteiger partial charge is 0.508 e. The van der Waals surface area contributed by atoms with E-state index in [1.807, 2.05) is 35.2 Å². The van der Waals surface area contributed by atoms with Gasteiger partial charge in [-0.1, -0.05) is 36.4 Å². The molecule has 32 heavy (non-hydrogen) atoms. The van der Waals surface area contributed by atoms with Gasteiger partial charge in [-0.2, -0.15) is 0 Å². The molecular weight excluding hydrogens is 425 g/mol. The normalized spacial score (nSPS) is 20.0. The Bertz CT molecular complexity index is 1420. The summed E-state index contributed by atoms with van der Waals surface area (Å²) in [4.78, 5) is 20.4. The number of rotatable bonds is 2. The highest BCUT2D eigenvalue weighted by Crippen LogP contribution is 2.45. The van der Waals surface area contributed by atoms with Gasteiger partial charge in [0.05, 0.1) is 11.7 Å². The van der Waals surface area contributed by atoms with Crippen molar-refractivity contribution in [3.05, 3.63) is 95.4 Å². The number of carbonyl (C=O) groups excluding carboxylic acids is 1. The number of amides is 1. The molecule has 2 unspecified atom stereocenters. The number of aromatic hydroxyl groups is 1. The van der Waals surface area contributed by atoms with Gasteiger partial charge in [-0.05, 0) is 59.7 Å². The van der Waals surface area contributed by atoms with Gasteiger partial charge in [0.25, 0.3) is 5.91 Å². The van der Waals surface area contributed by atoms with Gasteiger partial charge in [-0.25, -0.2) is 4.39 Å². The average Bonchev–Trinajstić information content (AvgIpc) is 3.27. The smallest absolute Gasteiger partial charge is 0.256 e. The van der Waals surface area contributed by atoms with E-state index in [-0.39, 0.29) is 11.7 Å². The summed E-state index contributed by atoms with van der Waals surface area (Å²) in [5, 5.41) is 11.6. The minimum absolute atomic E-state index is 0.140. The van der Waals surface area contributed by atoms with Crippen molar-refractivity contribution in [2.45, 2.75) is 18.5 Å².